The van der Waals surface area contributed by atoms with E-state index in [1.807, 2.05) is 0 Å². The third kappa shape index (κ3) is 4.22. The molecule has 0 atom stereocenters. The summed E-state index contributed by atoms with van der Waals surface area (Å²) in [4.78, 5) is 16.5. The number of alkyl halides is 3. The molecule has 0 saturated heterocycles. The molecule has 0 radical (unpaired) electrons. The van der Waals surface area contributed by atoms with Gasteiger partial charge in [-0.1, -0.05) is 0 Å². The van der Waals surface area contributed by atoms with Crippen molar-refractivity contribution in [1.29, 1.82) is 0 Å². The van der Waals surface area contributed by atoms with Crippen molar-refractivity contribution in [3.05, 3.63) is 82.2 Å². The number of nitrogens with zero attached hydrogens (tertiary/aromatic N) is 2. The molecule has 4 rings (SSSR count). The van der Waals surface area contributed by atoms with E-state index in [0.29, 0.717) is 18.2 Å². The summed E-state index contributed by atoms with van der Waals surface area (Å²) >= 11 is 0. The van der Waals surface area contributed by atoms with Gasteiger partial charge in [-0.2, -0.15) is 17.6 Å². The molecule has 0 fully saturated rings. The van der Waals surface area contributed by atoms with Gasteiger partial charge in [-0.15, -0.1) is 0 Å². The zero-order valence-corrected chi connectivity index (χ0v) is 17.9. The summed E-state index contributed by atoms with van der Waals surface area (Å²) in [5.74, 6) is -6.39. The average Bonchev–Trinajstić information content (AvgIpc) is 2.82. The van der Waals surface area contributed by atoms with Gasteiger partial charge in [-0.25, -0.2) is 8.78 Å². The quantitative estimate of drug-likeness (QED) is 0.335. The first-order valence-corrected chi connectivity index (χ1v) is 9.71. The van der Waals surface area contributed by atoms with Crippen LogP contribution in [0.5, 0.6) is 23.0 Å². The minimum absolute atomic E-state index is 0.0171. The summed E-state index contributed by atoms with van der Waals surface area (Å²) in [5.41, 5.74) is -2.41. The minimum Gasteiger partial charge on any atom is -0.491 e. The predicted octanol–water partition coefficient (Wildman–Crippen LogP) is 5.63. The molecule has 35 heavy (non-hydrogen) atoms. The summed E-state index contributed by atoms with van der Waals surface area (Å²) in [6, 6.07) is 3.89. The first-order valence-electron chi connectivity index (χ1n) is 9.71. The lowest BCUT2D eigenvalue weighted by Crippen LogP contribution is -2.14. The molecule has 0 aliphatic carbocycles. The number of halogens is 6. The topological polar surface area (TPSA) is 62.6 Å². The Morgan fingerprint density at radius 3 is 2.31 bits per heavy atom. The average molecular weight is 496 g/mol. The van der Waals surface area contributed by atoms with Crippen molar-refractivity contribution < 1.29 is 40.6 Å². The summed E-state index contributed by atoms with van der Waals surface area (Å²) in [5, 5.41) is 0.0171. The summed E-state index contributed by atoms with van der Waals surface area (Å²) < 4.78 is 99.5. The van der Waals surface area contributed by atoms with Crippen molar-refractivity contribution in [2.24, 2.45) is 0 Å². The summed E-state index contributed by atoms with van der Waals surface area (Å²) in [6.45, 7) is 0. The van der Waals surface area contributed by atoms with Gasteiger partial charge in [-0.05, 0) is 24.3 Å². The van der Waals surface area contributed by atoms with E-state index < -0.39 is 51.9 Å². The molecule has 182 valence electrons. The molecule has 0 bridgehead atoms. The largest absolute Gasteiger partial charge is 0.491 e. The van der Waals surface area contributed by atoms with Crippen LogP contribution in [0.25, 0.3) is 16.6 Å². The Labute approximate surface area is 192 Å². The van der Waals surface area contributed by atoms with Gasteiger partial charge in [0.05, 0.1) is 42.6 Å². The summed E-state index contributed by atoms with van der Waals surface area (Å²) in [6.07, 6.45) is -1.46. The molecule has 2 heterocycles. The second kappa shape index (κ2) is 8.85. The van der Waals surface area contributed by atoms with Gasteiger partial charge < -0.3 is 18.8 Å². The van der Waals surface area contributed by atoms with E-state index in [9.17, 15) is 31.1 Å². The van der Waals surface area contributed by atoms with Gasteiger partial charge in [0.25, 0.3) is 0 Å². The molecular formula is C23H14F6N2O4. The number of ether oxygens (including phenoxy) is 3. The molecule has 4 aromatic rings. The molecule has 0 unspecified atom stereocenters. The first kappa shape index (κ1) is 23.9. The van der Waals surface area contributed by atoms with E-state index >= 15 is 0 Å². The van der Waals surface area contributed by atoms with E-state index in [2.05, 4.69) is 4.98 Å². The van der Waals surface area contributed by atoms with Crippen LogP contribution in [-0.4, -0.2) is 23.8 Å². The van der Waals surface area contributed by atoms with Crippen molar-refractivity contribution >= 4 is 10.9 Å². The maximum Gasteiger partial charge on any atom is 0.419 e. The molecule has 0 saturated carbocycles. The van der Waals surface area contributed by atoms with Crippen LogP contribution in [0.2, 0.25) is 0 Å². The lowest BCUT2D eigenvalue weighted by Gasteiger charge is -2.20. The van der Waals surface area contributed by atoms with Crippen molar-refractivity contribution in [1.82, 2.24) is 9.55 Å². The van der Waals surface area contributed by atoms with Crippen LogP contribution in [0.4, 0.5) is 26.3 Å². The lowest BCUT2D eigenvalue weighted by atomic mass is 10.1. The van der Waals surface area contributed by atoms with Crippen molar-refractivity contribution in [3.63, 3.8) is 0 Å². The monoisotopic (exact) mass is 496 g/mol. The fraction of sp³-hybridized carbons (Fsp3) is 0.130. The Balaban J connectivity index is 2.05. The maximum absolute atomic E-state index is 14.6. The van der Waals surface area contributed by atoms with Crippen molar-refractivity contribution in [2.75, 3.05) is 14.2 Å². The highest BCUT2D eigenvalue weighted by atomic mass is 19.4. The molecule has 0 amide bonds. The standard InChI is InChI=1S/C23H14F6N2O4/c1-33-19-10-31(15-5-6-30-9-11(15)21(19)32)16-8-14(25)12(23(27,28)29)7-18(16)35-17-4-3-13(24)20(26)22(17)34-2/h3-10H,1-2H3. The van der Waals surface area contributed by atoms with Crippen LogP contribution in [-0.2, 0) is 6.18 Å². The number of aromatic nitrogens is 2. The van der Waals surface area contributed by atoms with Gasteiger partial charge in [-0.3, -0.25) is 9.78 Å². The maximum atomic E-state index is 14.6. The Bertz CT molecular complexity index is 1500. The van der Waals surface area contributed by atoms with Gasteiger partial charge >= 0.3 is 6.18 Å². The van der Waals surface area contributed by atoms with Gasteiger partial charge in [0.2, 0.25) is 17.0 Å². The molecule has 0 spiro atoms. The van der Waals surface area contributed by atoms with Crippen LogP contribution in [0.15, 0.2) is 53.7 Å². The van der Waals surface area contributed by atoms with Crippen LogP contribution >= 0.6 is 0 Å². The first-order chi connectivity index (χ1) is 16.6. The number of hydrogen-bond donors (Lipinski definition) is 0. The van der Waals surface area contributed by atoms with Crippen molar-refractivity contribution in [2.45, 2.75) is 6.18 Å². The molecule has 2 aromatic heterocycles. The van der Waals surface area contributed by atoms with E-state index in [4.69, 9.17) is 14.2 Å². The molecular weight excluding hydrogens is 482 g/mol. The Morgan fingerprint density at radius 1 is 0.914 bits per heavy atom. The second-order valence-corrected chi connectivity index (χ2v) is 7.08. The van der Waals surface area contributed by atoms with Crippen LogP contribution in [0, 0.1) is 17.5 Å². The van der Waals surface area contributed by atoms with Crippen LogP contribution in [0.3, 0.4) is 0 Å². The smallest absolute Gasteiger partial charge is 0.419 e. The van der Waals surface area contributed by atoms with E-state index in [1.165, 1.54) is 25.6 Å². The molecule has 6 nitrogen and oxygen atoms in total. The lowest BCUT2D eigenvalue weighted by molar-refractivity contribution is -0.140. The van der Waals surface area contributed by atoms with Gasteiger partial charge in [0, 0.05) is 18.5 Å². The van der Waals surface area contributed by atoms with Crippen molar-refractivity contribution in [3.8, 4) is 28.7 Å². The molecule has 0 N–H and O–H groups in total. The number of fused-ring (bicyclic) bond motifs is 1. The molecule has 0 aliphatic heterocycles. The van der Waals surface area contributed by atoms with Crippen LogP contribution < -0.4 is 19.6 Å². The molecule has 12 heteroatoms. The number of hydrogen-bond acceptors (Lipinski definition) is 5. The van der Waals surface area contributed by atoms with Crippen LogP contribution in [0.1, 0.15) is 5.56 Å². The highest BCUT2D eigenvalue weighted by Crippen LogP contribution is 2.42. The Kier molecular flexibility index (Phi) is 6.05. The fourth-order valence-electron chi connectivity index (χ4n) is 3.43. The SMILES string of the molecule is COc1c(Oc2cc(C(F)(F)F)c(F)cc2-n2cc(OC)c(=O)c3cnccc32)ccc(F)c1F. The highest BCUT2D eigenvalue weighted by Gasteiger charge is 2.36. The second-order valence-electron chi connectivity index (χ2n) is 7.08. The number of rotatable bonds is 5. The predicted molar refractivity (Wildman–Crippen MR) is 112 cm³/mol. The highest BCUT2D eigenvalue weighted by molar-refractivity contribution is 5.81. The molecule has 0 aliphatic rings. The minimum atomic E-state index is -5.11. The third-order valence-corrected chi connectivity index (χ3v) is 5.04. The number of methoxy groups -OCH3 is 2. The van der Waals surface area contributed by atoms with Gasteiger partial charge in [0.15, 0.2) is 23.1 Å². The Hall–Kier alpha value is -4.22. The fourth-order valence-corrected chi connectivity index (χ4v) is 3.43. The zero-order valence-electron chi connectivity index (χ0n) is 17.9. The Morgan fingerprint density at radius 2 is 1.66 bits per heavy atom. The van der Waals surface area contributed by atoms with Gasteiger partial charge in [0.1, 0.15) is 5.82 Å². The normalized spacial score (nSPS) is 11.5. The summed E-state index contributed by atoms with van der Waals surface area (Å²) in [7, 11) is 2.20. The number of pyridine rings is 2. The van der Waals surface area contributed by atoms with E-state index in [-0.39, 0.29) is 22.3 Å². The third-order valence-electron chi connectivity index (χ3n) is 5.04. The zero-order chi connectivity index (χ0) is 25.5. The van der Waals surface area contributed by atoms with E-state index in [0.717, 1.165) is 23.9 Å². The van der Waals surface area contributed by atoms with E-state index in [1.54, 1.807) is 0 Å². The number of benzene rings is 2. The molecule has 2 aromatic carbocycles.